The van der Waals surface area contributed by atoms with E-state index in [9.17, 15) is 4.79 Å². The monoisotopic (exact) mass is 506 g/mol. The zero-order valence-electron chi connectivity index (χ0n) is 22.1. The van der Waals surface area contributed by atoms with Crippen LogP contribution < -0.4 is 5.32 Å². The lowest BCUT2D eigenvalue weighted by Crippen LogP contribution is -2.18. The predicted molar refractivity (Wildman–Crippen MR) is 151 cm³/mol. The Morgan fingerprint density at radius 2 is 1.97 bits per heavy atom. The molecular formula is C32H31FN4O. The molecule has 5 nitrogen and oxygen atoms in total. The molecule has 38 heavy (non-hydrogen) atoms. The molecule has 3 aromatic rings. The molecule has 192 valence electrons. The van der Waals surface area contributed by atoms with Crippen LogP contribution in [0.25, 0.3) is 11.1 Å². The minimum absolute atomic E-state index is 0.0623. The molecule has 0 bridgehead atoms. The summed E-state index contributed by atoms with van der Waals surface area (Å²) in [5, 5.41) is 2.79. The third kappa shape index (κ3) is 5.70. The number of anilines is 1. The Balaban J connectivity index is 1.28. The molecule has 2 aliphatic rings. The van der Waals surface area contributed by atoms with E-state index < -0.39 is 5.82 Å². The van der Waals surface area contributed by atoms with Gasteiger partial charge in [0.15, 0.2) is 0 Å². The number of nitrogens with one attached hydrogen (secondary N) is 1. The summed E-state index contributed by atoms with van der Waals surface area (Å²) in [4.78, 5) is 26.1. The van der Waals surface area contributed by atoms with Crippen LogP contribution in [0.15, 0.2) is 84.1 Å². The van der Waals surface area contributed by atoms with Crippen molar-refractivity contribution in [3.63, 3.8) is 0 Å². The SMILES string of the molecule is Cc1cccc(C2=CC3=NC=C(c4ccc(CC(=O)Nc5cc(C(C)(C)C)ccn5)c(F)c4)CC3C=C2)n1. The van der Waals surface area contributed by atoms with E-state index in [2.05, 4.69) is 59.3 Å². The van der Waals surface area contributed by atoms with Gasteiger partial charge in [0, 0.05) is 35.3 Å². The average Bonchev–Trinajstić information content (AvgIpc) is 2.89. The van der Waals surface area contributed by atoms with Crippen molar-refractivity contribution in [2.24, 2.45) is 10.9 Å². The van der Waals surface area contributed by atoms with Gasteiger partial charge >= 0.3 is 0 Å². The first-order valence-corrected chi connectivity index (χ1v) is 12.8. The molecule has 1 aromatic carbocycles. The first-order chi connectivity index (χ1) is 18.2. The molecule has 1 N–H and O–H groups in total. The van der Waals surface area contributed by atoms with E-state index in [-0.39, 0.29) is 23.7 Å². The number of pyridine rings is 2. The van der Waals surface area contributed by atoms with Crippen LogP contribution in [-0.4, -0.2) is 21.6 Å². The Labute approximate surface area is 223 Å². The van der Waals surface area contributed by atoms with Crippen molar-refractivity contribution < 1.29 is 9.18 Å². The van der Waals surface area contributed by atoms with Gasteiger partial charge in [0.1, 0.15) is 11.6 Å². The number of halogens is 1. The van der Waals surface area contributed by atoms with E-state index in [1.165, 1.54) is 6.07 Å². The van der Waals surface area contributed by atoms with Gasteiger partial charge in [-0.1, -0.05) is 51.1 Å². The van der Waals surface area contributed by atoms with Crippen LogP contribution in [0.1, 0.15) is 55.3 Å². The maximum absolute atomic E-state index is 15.0. The molecule has 1 aliphatic carbocycles. The zero-order valence-corrected chi connectivity index (χ0v) is 22.1. The normalized spacial score (nSPS) is 16.8. The highest BCUT2D eigenvalue weighted by Gasteiger charge is 2.23. The topological polar surface area (TPSA) is 67.2 Å². The van der Waals surface area contributed by atoms with Gasteiger partial charge in [0.25, 0.3) is 0 Å². The summed E-state index contributed by atoms with van der Waals surface area (Å²) in [6, 6.07) is 14.8. The Bertz CT molecular complexity index is 1520. The first kappa shape index (κ1) is 25.5. The number of nitrogens with zero attached hydrogens (tertiary/aromatic N) is 3. The molecule has 3 heterocycles. The Morgan fingerprint density at radius 1 is 1.13 bits per heavy atom. The molecule has 1 atom stereocenters. The number of carbonyl (C=O) groups is 1. The summed E-state index contributed by atoms with van der Waals surface area (Å²) in [6.07, 6.45) is 10.5. The first-order valence-electron chi connectivity index (χ1n) is 12.8. The lowest BCUT2D eigenvalue weighted by atomic mass is 9.84. The predicted octanol–water partition coefficient (Wildman–Crippen LogP) is 6.86. The largest absolute Gasteiger partial charge is 0.310 e. The highest BCUT2D eigenvalue weighted by molar-refractivity contribution is 6.08. The highest BCUT2D eigenvalue weighted by Crippen LogP contribution is 2.33. The van der Waals surface area contributed by atoms with Crippen molar-refractivity contribution in [1.29, 1.82) is 0 Å². The van der Waals surface area contributed by atoms with Crippen molar-refractivity contribution in [2.75, 3.05) is 5.32 Å². The zero-order chi connectivity index (χ0) is 26.9. The number of aliphatic imine (C=N–C) groups is 1. The number of benzene rings is 1. The van der Waals surface area contributed by atoms with Crippen LogP contribution >= 0.6 is 0 Å². The molecule has 0 spiro atoms. The Kier molecular flexibility index (Phi) is 6.89. The van der Waals surface area contributed by atoms with Crippen LogP contribution in [0.4, 0.5) is 10.2 Å². The fraction of sp³-hybridized carbons (Fsp3) is 0.250. The van der Waals surface area contributed by atoms with Crippen LogP contribution in [0, 0.1) is 18.7 Å². The molecule has 0 radical (unpaired) electrons. The van der Waals surface area contributed by atoms with E-state index in [1.54, 1.807) is 12.3 Å². The molecule has 2 aromatic heterocycles. The van der Waals surface area contributed by atoms with Crippen LogP contribution in [-0.2, 0) is 16.6 Å². The number of rotatable bonds is 5. The van der Waals surface area contributed by atoms with Crippen LogP contribution in [0.2, 0.25) is 0 Å². The fourth-order valence-electron chi connectivity index (χ4n) is 4.65. The number of allylic oxidation sites excluding steroid dienone is 5. The minimum Gasteiger partial charge on any atom is -0.310 e. The van der Waals surface area contributed by atoms with Crippen molar-refractivity contribution in [2.45, 2.75) is 46.0 Å². The third-order valence-electron chi connectivity index (χ3n) is 6.85. The van der Waals surface area contributed by atoms with Crippen molar-refractivity contribution in [3.05, 3.63) is 113 Å². The number of hydrogen-bond donors (Lipinski definition) is 1. The molecule has 1 aliphatic heterocycles. The molecule has 6 heteroatoms. The lowest BCUT2D eigenvalue weighted by molar-refractivity contribution is -0.115. The van der Waals surface area contributed by atoms with Crippen molar-refractivity contribution in [3.8, 4) is 0 Å². The van der Waals surface area contributed by atoms with Gasteiger partial charge in [0.05, 0.1) is 12.1 Å². The number of fused-ring (bicyclic) bond motifs is 1. The summed E-state index contributed by atoms with van der Waals surface area (Å²) in [6.45, 7) is 8.27. The van der Waals surface area contributed by atoms with E-state index in [0.29, 0.717) is 11.4 Å². The van der Waals surface area contributed by atoms with Gasteiger partial charge in [-0.2, -0.15) is 0 Å². The van der Waals surface area contributed by atoms with Crippen molar-refractivity contribution in [1.82, 2.24) is 9.97 Å². The second-order valence-electron chi connectivity index (χ2n) is 10.9. The summed E-state index contributed by atoms with van der Waals surface area (Å²) >= 11 is 0. The van der Waals surface area contributed by atoms with Crippen molar-refractivity contribution >= 4 is 28.6 Å². The third-order valence-corrected chi connectivity index (χ3v) is 6.85. The molecule has 1 unspecified atom stereocenters. The van der Waals surface area contributed by atoms with Gasteiger partial charge in [-0.25, -0.2) is 9.37 Å². The van der Waals surface area contributed by atoms with Gasteiger partial charge < -0.3 is 5.32 Å². The second kappa shape index (κ2) is 10.3. The fourth-order valence-corrected chi connectivity index (χ4v) is 4.65. The van der Waals surface area contributed by atoms with Crippen LogP contribution in [0.3, 0.4) is 0 Å². The average molecular weight is 507 g/mol. The molecule has 0 fully saturated rings. The van der Waals surface area contributed by atoms with Crippen LogP contribution in [0.5, 0.6) is 0 Å². The molecule has 1 amide bonds. The lowest BCUT2D eigenvalue weighted by Gasteiger charge is -2.23. The molecular weight excluding hydrogens is 475 g/mol. The quantitative estimate of drug-likeness (QED) is 0.411. The summed E-state index contributed by atoms with van der Waals surface area (Å²) in [7, 11) is 0. The Morgan fingerprint density at radius 3 is 2.74 bits per heavy atom. The van der Waals surface area contributed by atoms with Gasteiger partial charge in [-0.15, -0.1) is 0 Å². The number of aromatic nitrogens is 2. The van der Waals surface area contributed by atoms with E-state index in [4.69, 9.17) is 0 Å². The second-order valence-corrected chi connectivity index (χ2v) is 10.9. The molecule has 0 saturated carbocycles. The summed E-state index contributed by atoms with van der Waals surface area (Å²) in [5.74, 6) is -0.110. The molecule has 5 rings (SSSR count). The Hall–Kier alpha value is -4.19. The maximum Gasteiger partial charge on any atom is 0.230 e. The standard InChI is InChI=1S/C32H31FN4O/c1-20-6-5-7-28(36-20)24-11-10-23-14-25(19-35-29(23)16-24)21-8-9-22(27(33)15-21)17-31(38)37-30-18-26(12-13-34-30)32(2,3)4/h5-13,15-16,18-19,23H,14,17H2,1-4H3,(H,34,37,38). The van der Waals surface area contributed by atoms with Gasteiger partial charge in [-0.05, 0) is 77.4 Å². The van der Waals surface area contributed by atoms with E-state index in [1.807, 2.05) is 49.5 Å². The van der Waals surface area contributed by atoms with Gasteiger partial charge in [-0.3, -0.25) is 14.8 Å². The number of aryl methyl sites for hydroxylation is 1. The summed E-state index contributed by atoms with van der Waals surface area (Å²) in [5.41, 5.74) is 7.00. The number of amides is 1. The maximum atomic E-state index is 15.0. The highest BCUT2D eigenvalue weighted by atomic mass is 19.1. The van der Waals surface area contributed by atoms with E-state index >= 15 is 4.39 Å². The number of carbonyl (C=O) groups excluding carboxylic acids is 1. The molecule has 0 saturated heterocycles. The summed E-state index contributed by atoms with van der Waals surface area (Å²) < 4.78 is 15.0. The minimum atomic E-state index is -0.406. The number of hydrogen-bond acceptors (Lipinski definition) is 4. The smallest absolute Gasteiger partial charge is 0.230 e. The van der Waals surface area contributed by atoms with Gasteiger partial charge in [0.2, 0.25) is 5.91 Å². The van der Waals surface area contributed by atoms with E-state index in [0.717, 1.165) is 45.8 Å².